The summed E-state index contributed by atoms with van der Waals surface area (Å²) in [6, 6.07) is 0. The van der Waals surface area contributed by atoms with Gasteiger partial charge in [0.1, 0.15) is 0 Å². The molecule has 0 aromatic heterocycles. The molecule has 0 aromatic carbocycles. The molecular weight excluding hydrogens is 224 g/mol. The molecule has 1 radical (unpaired) electrons. The molecule has 0 fully saturated rings. The van der Waals surface area contributed by atoms with E-state index in [9.17, 15) is 4.79 Å². The second-order valence-corrected chi connectivity index (χ2v) is 1.62. The van der Waals surface area contributed by atoms with E-state index in [1.807, 2.05) is 0 Å². The minimum Gasteiger partial charge on any atom is -0.540 e. The zero-order chi connectivity index (χ0) is 9.56. The maximum absolute atomic E-state index is 10.8. The minimum absolute atomic E-state index is 0. The molecule has 0 aromatic rings. The number of carbonyl (C=O) groups excluding carboxylic acids is 1. The summed E-state index contributed by atoms with van der Waals surface area (Å²) in [6.07, 6.45) is 0. The average Bonchev–Trinajstić information content (AvgIpc) is 2.06. The number of hydrogen-bond acceptors (Lipinski definition) is 3. The molecule has 0 amide bonds. The molecule has 6 heteroatoms. The van der Waals surface area contributed by atoms with Crippen LogP contribution in [0.3, 0.4) is 0 Å². The second kappa shape index (κ2) is 7.17. The number of aliphatic hydroxyl groups is 1. The van der Waals surface area contributed by atoms with E-state index in [0.717, 1.165) is 0 Å². The van der Waals surface area contributed by atoms with E-state index in [4.69, 9.17) is 18.3 Å². The van der Waals surface area contributed by atoms with Gasteiger partial charge in [-0.1, -0.05) is 0 Å². The Kier molecular flexibility index (Phi) is 7.76. The van der Waals surface area contributed by atoms with Crippen molar-refractivity contribution in [1.29, 1.82) is 0 Å². The molecule has 0 atom stereocenters. The van der Waals surface area contributed by atoms with Crippen molar-refractivity contribution in [3.8, 4) is 0 Å². The summed E-state index contributed by atoms with van der Waals surface area (Å²) in [5, 5.41) is 8.73. The quantitative estimate of drug-likeness (QED) is 0.254. The van der Waals surface area contributed by atoms with Gasteiger partial charge in [0, 0.05) is 17.1 Å². The van der Waals surface area contributed by atoms with Crippen LogP contribution >= 0.6 is 0 Å². The molecule has 1 N–H and O–H groups in total. The van der Waals surface area contributed by atoms with Gasteiger partial charge in [0.05, 0.1) is 19.8 Å². The van der Waals surface area contributed by atoms with Crippen LogP contribution in [0, 0.1) is 13.1 Å². The van der Waals surface area contributed by atoms with Crippen molar-refractivity contribution in [1.82, 2.24) is 0 Å². The van der Waals surface area contributed by atoms with Crippen LogP contribution in [0.15, 0.2) is 11.6 Å². The first-order valence-electron chi connectivity index (χ1n) is 3.02. The maximum atomic E-state index is 10.8. The van der Waals surface area contributed by atoms with Crippen molar-refractivity contribution >= 4 is 5.97 Å². The third-order valence-electron chi connectivity index (χ3n) is 0.898. The molecule has 5 nitrogen and oxygen atoms in total. The maximum Gasteiger partial charge on any atom is 0.351 e. The summed E-state index contributed by atoms with van der Waals surface area (Å²) >= 11 is 0. The van der Waals surface area contributed by atoms with Crippen LogP contribution in [0.2, 0.25) is 0 Å². The van der Waals surface area contributed by atoms with Gasteiger partial charge in [-0.15, -0.1) is 0 Å². The SMILES string of the molecule is [C-]#[N+]/C(O)=C(\[N+]#[C-])C(=O)OCC.[Cu]. The normalized spacial score (nSPS) is 9.77. The monoisotopic (exact) mass is 229 g/mol. The van der Waals surface area contributed by atoms with Crippen LogP contribution in [0.5, 0.6) is 0 Å². The van der Waals surface area contributed by atoms with Gasteiger partial charge < -0.3 is 9.84 Å². The third-order valence-corrected chi connectivity index (χ3v) is 0.898. The van der Waals surface area contributed by atoms with Crippen molar-refractivity contribution in [2.75, 3.05) is 6.61 Å². The average molecular weight is 230 g/mol. The summed E-state index contributed by atoms with van der Waals surface area (Å²) in [7, 11) is 0. The van der Waals surface area contributed by atoms with Crippen LogP contribution in [0.1, 0.15) is 6.92 Å². The minimum atomic E-state index is -0.971. The molecular formula is C7H6CuN2O3. The second-order valence-electron chi connectivity index (χ2n) is 1.62. The zero-order valence-electron chi connectivity index (χ0n) is 6.67. The van der Waals surface area contributed by atoms with Gasteiger partial charge in [-0.3, -0.25) is 4.79 Å². The molecule has 0 heterocycles. The Morgan fingerprint density at radius 3 is 2.31 bits per heavy atom. The summed E-state index contributed by atoms with van der Waals surface area (Å²) in [5.41, 5.74) is -0.674. The van der Waals surface area contributed by atoms with Crippen LogP contribution in [-0.4, -0.2) is 17.7 Å². The molecule has 0 spiro atoms. The van der Waals surface area contributed by atoms with Crippen molar-refractivity contribution < 1.29 is 31.7 Å². The topological polar surface area (TPSA) is 55.2 Å². The fraction of sp³-hybridized carbons (Fsp3) is 0.286. The van der Waals surface area contributed by atoms with Crippen molar-refractivity contribution in [3.05, 3.63) is 34.4 Å². The van der Waals surface area contributed by atoms with Crippen molar-refractivity contribution in [3.63, 3.8) is 0 Å². The van der Waals surface area contributed by atoms with E-state index in [-0.39, 0.29) is 23.7 Å². The Hall–Kier alpha value is -1.49. The van der Waals surface area contributed by atoms with Gasteiger partial charge in [0.2, 0.25) is 0 Å². The molecule has 0 unspecified atom stereocenters. The summed E-state index contributed by atoms with van der Waals surface area (Å²) in [6.45, 7) is 14.5. The number of rotatable bonds is 2. The van der Waals surface area contributed by atoms with E-state index in [2.05, 4.69) is 14.4 Å². The Morgan fingerprint density at radius 2 is 2.00 bits per heavy atom. The summed E-state index contributed by atoms with van der Waals surface area (Å²) < 4.78 is 4.40. The molecule has 73 valence electrons. The first-order valence-corrected chi connectivity index (χ1v) is 3.02. The Labute approximate surface area is 86.1 Å². The van der Waals surface area contributed by atoms with Gasteiger partial charge in [-0.05, 0) is 6.92 Å². The smallest absolute Gasteiger partial charge is 0.351 e. The summed E-state index contributed by atoms with van der Waals surface area (Å²) in [5.74, 6) is -1.90. The molecule has 13 heavy (non-hydrogen) atoms. The van der Waals surface area contributed by atoms with Gasteiger partial charge in [-0.2, -0.15) is 0 Å². The van der Waals surface area contributed by atoms with E-state index in [1.54, 1.807) is 6.92 Å². The molecule has 0 rings (SSSR count). The zero-order valence-corrected chi connectivity index (χ0v) is 7.61. The molecule has 0 aliphatic rings. The number of esters is 1. The van der Waals surface area contributed by atoms with Crippen molar-refractivity contribution in [2.24, 2.45) is 0 Å². The Balaban J connectivity index is 0. The first-order chi connectivity index (χ1) is 5.67. The number of carbonyl (C=O) groups is 1. The van der Waals surface area contributed by atoms with Crippen LogP contribution in [0.4, 0.5) is 0 Å². The largest absolute Gasteiger partial charge is 0.540 e. The molecule has 0 aliphatic heterocycles. The fourth-order valence-corrected chi connectivity index (χ4v) is 0.439. The third kappa shape index (κ3) is 4.17. The van der Waals surface area contributed by atoms with Crippen LogP contribution in [0.25, 0.3) is 9.69 Å². The standard InChI is InChI=1S/C7H6N2O3.Cu/c1-4-12-7(11)5(8-2)6(10)9-3;/h10H,4H2,1H3;/b6-5+;. The van der Waals surface area contributed by atoms with Crippen LogP contribution in [-0.2, 0) is 26.6 Å². The predicted octanol–water partition coefficient (Wildman–Crippen LogP) is 1.11. The van der Waals surface area contributed by atoms with E-state index < -0.39 is 17.5 Å². The van der Waals surface area contributed by atoms with E-state index in [0.29, 0.717) is 0 Å². The number of aliphatic hydroxyl groups excluding tert-OH is 1. The fourth-order valence-electron chi connectivity index (χ4n) is 0.439. The molecule has 0 aliphatic carbocycles. The number of hydrogen-bond donors (Lipinski definition) is 1. The summed E-state index contributed by atoms with van der Waals surface area (Å²) in [4.78, 5) is 16.0. The Bertz CT molecular complexity index is 298. The van der Waals surface area contributed by atoms with Gasteiger partial charge in [0.15, 0.2) is 0 Å². The molecule has 0 saturated heterocycles. The van der Waals surface area contributed by atoms with E-state index >= 15 is 0 Å². The van der Waals surface area contributed by atoms with Gasteiger partial charge in [0.25, 0.3) is 0 Å². The number of ether oxygens (including phenoxy) is 1. The number of nitrogens with zero attached hydrogens (tertiary/aromatic N) is 2. The van der Waals surface area contributed by atoms with Crippen molar-refractivity contribution in [2.45, 2.75) is 6.92 Å². The Morgan fingerprint density at radius 1 is 1.46 bits per heavy atom. The molecule has 0 saturated carbocycles. The van der Waals surface area contributed by atoms with Gasteiger partial charge >= 0.3 is 17.5 Å². The molecule has 0 bridgehead atoms. The van der Waals surface area contributed by atoms with E-state index in [1.165, 1.54) is 0 Å². The van der Waals surface area contributed by atoms with Crippen LogP contribution < -0.4 is 0 Å². The predicted molar refractivity (Wildman–Crippen MR) is 39.5 cm³/mol. The van der Waals surface area contributed by atoms with Gasteiger partial charge in [-0.25, -0.2) is 9.69 Å². The first kappa shape index (κ1) is 14.1.